The van der Waals surface area contributed by atoms with Gasteiger partial charge in [0.2, 0.25) is 5.95 Å². The molecule has 0 unspecified atom stereocenters. The highest BCUT2D eigenvalue weighted by molar-refractivity contribution is 5.74. The van der Waals surface area contributed by atoms with Crippen molar-refractivity contribution in [3.63, 3.8) is 0 Å². The maximum absolute atomic E-state index is 13.2. The number of H-pyrrole nitrogens is 1. The minimum absolute atomic E-state index is 0.303. The van der Waals surface area contributed by atoms with Gasteiger partial charge in [0.25, 0.3) is 5.56 Å². The van der Waals surface area contributed by atoms with Crippen molar-refractivity contribution >= 4 is 17.1 Å². The summed E-state index contributed by atoms with van der Waals surface area (Å²) in [6.45, 7) is 7.87. The Labute approximate surface area is 161 Å². The van der Waals surface area contributed by atoms with Gasteiger partial charge in [-0.1, -0.05) is 26.0 Å². The zero-order chi connectivity index (χ0) is 20.3. The number of aromatic nitrogens is 4. The molecule has 3 rings (SSSR count). The molecule has 0 radical (unpaired) electrons. The summed E-state index contributed by atoms with van der Waals surface area (Å²) >= 11 is 0. The molecular weight excluding hydrogens is 363 g/mol. The lowest BCUT2D eigenvalue weighted by Gasteiger charge is -2.18. The minimum Gasteiger partial charge on any atom is -0.354 e. The molecule has 0 amide bonds. The summed E-state index contributed by atoms with van der Waals surface area (Å²) in [5.41, 5.74) is 0.418. The molecule has 0 atom stereocenters. The van der Waals surface area contributed by atoms with Gasteiger partial charge in [-0.3, -0.25) is 18.9 Å². The van der Waals surface area contributed by atoms with Crippen LogP contribution in [0.3, 0.4) is 0 Å². The van der Waals surface area contributed by atoms with Crippen LogP contribution in [-0.2, 0) is 13.6 Å². The van der Waals surface area contributed by atoms with Crippen molar-refractivity contribution in [2.24, 2.45) is 7.05 Å². The lowest BCUT2D eigenvalue weighted by Crippen LogP contribution is -2.29. The summed E-state index contributed by atoms with van der Waals surface area (Å²) in [6.07, 6.45) is 0. The third kappa shape index (κ3) is 3.99. The van der Waals surface area contributed by atoms with E-state index in [0.29, 0.717) is 30.2 Å². The predicted octanol–water partition coefficient (Wildman–Crippen LogP) is 1.36. The van der Waals surface area contributed by atoms with Gasteiger partial charge in [-0.2, -0.15) is 4.98 Å². The number of hydrogen-bond donors (Lipinski definition) is 2. The number of aryl methyl sites for hydroxylation is 1. The van der Waals surface area contributed by atoms with Crippen LogP contribution in [0.5, 0.6) is 0 Å². The molecule has 2 heterocycles. The lowest BCUT2D eigenvalue weighted by molar-refractivity contribution is 0.315. The molecule has 28 heavy (non-hydrogen) atoms. The fourth-order valence-corrected chi connectivity index (χ4v) is 3.16. The normalized spacial score (nSPS) is 11.5. The first-order valence-electron chi connectivity index (χ1n) is 9.34. The first-order valence-corrected chi connectivity index (χ1v) is 9.34. The molecule has 3 aromatic rings. The Morgan fingerprint density at radius 3 is 2.50 bits per heavy atom. The number of rotatable bonds is 8. The summed E-state index contributed by atoms with van der Waals surface area (Å²) in [5, 5.41) is 3.28. The maximum atomic E-state index is 13.2. The monoisotopic (exact) mass is 388 g/mol. The van der Waals surface area contributed by atoms with Gasteiger partial charge in [0.1, 0.15) is 5.82 Å². The number of nitrogens with zero attached hydrogens (tertiary/aromatic N) is 4. The largest absolute Gasteiger partial charge is 0.354 e. The SMILES string of the molecule is CCN(CC)CCNc1nc2c(c(=O)[nH]c(=O)n2C)n1Cc1ccc(F)cc1. The smallest absolute Gasteiger partial charge is 0.329 e. The van der Waals surface area contributed by atoms with E-state index in [9.17, 15) is 14.0 Å². The average Bonchev–Trinajstić information content (AvgIpc) is 3.04. The van der Waals surface area contributed by atoms with Crippen LogP contribution in [-0.4, -0.2) is 50.2 Å². The Morgan fingerprint density at radius 1 is 1.18 bits per heavy atom. The Morgan fingerprint density at radius 2 is 1.86 bits per heavy atom. The fourth-order valence-electron chi connectivity index (χ4n) is 3.16. The van der Waals surface area contributed by atoms with Crippen molar-refractivity contribution in [2.75, 3.05) is 31.5 Å². The van der Waals surface area contributed by atoms with Gasteiger partial charge in [-0.15, -0.1) is 0 Å². The van der Waals surface area contributed by atoms with Gasteiger partial charge in [0.05, 0.1) is 6.54 Å². The Hall–Kier alpha value is -2.94. The van der Waals surface area contributed by atoms with Gasteiger partial charge in [0, 0.05) is 20.1 Å². The first-order chi connectivity index (χ1) is 13.4. The molecule has 0 fully saturated rings. The standard InChI is InChI=1S/C19H25FN6O2/c1-4-25(5-2)11-10-21-18-22-16-15(17(27)23-19(28)24(16)3)26(18)12-13-6-8-14(20)9-7-13/h6-9H,4-5,10-12H2,1-3H3,(H,21,22)(H,23,27,28). The summed E-state index contributed by atoms with van der Waals surface area (Å²) in [5.74, 6) is 0.176. The van der Waals surface area contributed by atoms with Gasteiger partial charge in [-0.25, -0.2) is 9.18 Å². The van der Waals surface area contributed by atoms with Crippen LogP contribution in [0.25, 0.3) is 11.2 Å². The van der Waals surface area contributed by atoms with Crippen LogP contribution < -0.4 is 16.6 Å². The Kier molecular flexibility index (Phi) is 5.93. The second-order valence-electron chi connectivity index (χ2n) is 6.59. The van der Waals surface area contributed by atoms with Gasteiger partial charge >= 0.3 is 5.69 Å². The third-order valence-corrected chi connectivity index (χ3v) is 4.87. The van der Waals surface area contributed by atoms with Crippen LogP contribution in [0.15, 0.2) is 33.9 Å². The van der Waals surface area contributed by atoms with E-state index in [-0.39, 0.29) is 5.82 Å². The highest BCUT2D eigenvalue weighted by Gasteiger charge is 2.17. The molecule has 150 valence electrons. The topological polar surface area (TPSA) is 88.0 Å². The zero-order valence-electron chi connectivity index (χ0n) is 16.3. The number of likely N-dealkylation sites (N-methyl/N-ethyl adjacent to an activating group) is 1. The first kappa shape index (κ1) is 19.8. The van der Waals surface area contributed by atoms with E-state index in [1.54, 1.807) is 23.7 Å². The van der Waals surface area contributed by atoms with Gasteiger partial charge in [-0.05, 0) is 30.8 Å². The third-order valence-electron chi connectivity index (χ3n) is 4.87. The molecule has 8 nitrogen and oxygen atoms in total. The maximum Gasteiger partial charge on any atom is 0.329 e. The number of imidazole rings is 1. The van der Waals surface area contributed by atoms with Crippen molar-refractivity contribution in [2.45, 2.75) is 20.4 Å². The molecule has 0 bridgehead atoms. The molecular formula is C19H25FN6O2. The number of hydrogen-bond acceptors (Lipinski definition) is 5. The van der Waals surface area contributed by atoms with E-state index in [4.69, 9.17) is 0 Å². The number of nitrogens with one attached hydrogen (secondary N) is 2. The zero-order valence-corrected chi connectivity index (χ0v) is 16.3. The highest BCUT2D eigenvalue weighted by atomic mass is 19.1. The van der Waals surface area contributed by atoms with E-state index in [2.05, 4.69) is 34.0 Å². The van der Waals surface area contributed by atoms with Crippen LogP contribution in [0.2, 0.25) is 0 Å². The minimum atomic E-state index is -0.515. The van der Waals surface area contributed by atoms with Crippen molar-refractivity contribution in [1.29, 1.82) is 0 Å². The number of aromatic amines is 1. The summed E-state index contributed by atoms with van der Waals surface area (Å²) in [4.78, 5) is 33.5. The van der Waals surface area contributed by atoms with Crippen LogP contribution >= 0.6 is 0 Å². The molecule has 9 heteroatoms. The molecule has 0 aliphatic carbocycles. The summed E-state index contributed by atoms with van der Waals surface area (Å²) in [6, 6.07) is 6.08. The van der Waals surface area contributed by atoms with E-state index >= 15 is 0 Å². The van der Waals surface area contributed by atoms with Crippen LogP contribution in [0, 0.1) is 5.82 Å². The van der Waals surface area contributed by atoms with Crippen LogP contribution in [0.1, 0.15) is 19.4 Å². The average molecular weight is 388 g/mol. The Balaban J connectivity index is 2.01. The molecule has 0 saturated heterocycles. The summed E-state index contributed by atoms with van der Waals surface area (Å²) in [7, 11) is 1.57. The van der Waals surface area contributed by atoms with Crippen molar-refractivity contribution in [3.8, 4) is 0 Å². The lowest BCUT2D eigenvalue weighted by atomic mass is 10.2. The van der Waals surface area contributed by atoms with Gasteiger partial charge < -0.3 is 10.2 Å². The number of halogens is 1. The quantitative estimate of drug-likeness (QED) is 0.608. The summed E-state index contributed by atoms with van der Waals surface area (Å²) < 4.78 is 16.3. The fraction of sp³-hybridized carbons (Fsp3) is 0.421. The van der Waals surface area contributed by atoms with E-state index in [1.165, 1.54) is 16.7 Å². The second kappa shape index (κ2) is 8.39. The molecule has 0 aliphatic rings. The van der Waals surface area contributed by atoms with E-state index < -0.39 is 11.2 Å². The highest BCUT2D eigenvalue weighted by Crippen LogP contribution is 2.18. The molecule has 2 aromatic heterocycles. The van der Waals surface area contributed by atoms with Crippen molar-refractivity contribution in [3.05, 3.63) is 56.5 Å². The molecule has 0 spiro atoms. The number of benzene rings is 1. The van der Waals surface area contributed by atoms with Crippen molar-refractivity contribution in [1.82, 2.24) is 24.0 Å². The molecule has 0 aliphatic heterocycles. The molecule has 1 aromatic carbocycles. The second-order valence-corrected chi connectivity index (χ2v) is 6.59. The van der Waals surface area contributed by atoms with E-state index in [1.807, 2.05) is 0 Å². The molecule has 0 saturated carbocycles. The number of anilines is 1. The van der Waals surface area contributed by atoms with Crippen molar-refractivity contribution < 1.29 is 4.39 Å². The predicted molar refractivity (Wildman–Crippen MR) is 107 cm³/mol. The van der Waals surface area contributed by atoms with Gasteiger partial charge in [0.15, 0.2) is 11.2 Å². The van der Waals surface area contributed by atoms with E-state index in [0.717, 1.165) is 25.2 Å². The Bertz CT molecular complexity index is 1060. The number of fused-ring (bicyclic) bond motifs is 1. The van der Waals surface area contributed by atoms with Crippen LogP contribution in [0.4, 0.5) is 10.3 Å². The molecule has 2 N–H and O–H groups in total.